The van der Waals surface area contributed by atoms with Gasteiger partial charge in [0.05, 0.1) is 6.20 Å². The van der Waals surface area contributed by atoms with E-state index in [1.165, 1.54) is 0 Å². The molecule has 0 saturated carbocycles. The van der Waals surface area contributed by atoms with Crippen LogP contribution in [0, 0.1) is 0 Å². The molecule has 0 aliphatic carbocycles. The molecule has 0 aromatic carbocycles. The fourth-order valence-electron chi connectivity index (χ4n) is 0.415. The van der Waals surface area contributed by atoms with Gasteiger partial charge in [0, 0.05) is 0 Å². The van der Waals surface area contributed by atoms with Crippen LogP contribution in [0.1, 0.15) is 0 Å². The molecule has 0 unspecified atom stereocenters. The SMILES string of the molecule is C=C[n+]1cc[nH]c1.F[B-](F)(F)F. The summed E-state index contributed by atoms with van der Waals surface area (Å²) in [6, 6.07) is 0. The molecule has 0 bridgehead atoms. The molecule has 0 aliphatic rings. The van der Waals surface area contributed by atoms with E-state index >= 15 is 0 Å². The summed E-state index contributed by atoms with van der Waals surface area (Å²) in [5, 5.41) is 0. The van der Waals surface area contributed by atoms with Crippen LogP contribution < -0.4 is 4.57 Å². The number of nitrogens with one attached hydrogen (secondary N) is 1. The topological polar surface area (TPSA) is 19.7 Å². The second-order valence-electron chi connectivity index (χ2n) is 1.74. The summed E-state index contributed by atoms with van der Waals surface area (Å²) < 4.78 is 40.8. The molecule has 0 atom stereocenters. The number of aromatic amines is 1. The molecule has 0 amide bonds. The fraction of sp³-hybridized carbons (Fsp3) is 0. The summed E-state index contributed by atoms with van der Waals surface area (Å²) in [6.45, 7) is 3.55. The minimum absolute atomic E-state index is 1.72. The minimum Gasteiger partial charge on any atom is -0.418 e. The third-order valence-corrected chi connectivity index (χ3v) is 0.777. The summed E-state index contributed by atoms with van der Waals surface area (Å²) in [7, 11) is -6.00. The van der Waals surface area contributed by atoms with Gasteiger partial charge in [-0.15, -0.1) is 0 Å². The van der Waals surface area contributed by atoms with Gasteiger partial charge in [-0.1, -0.05) is 6.58 Å². The Hall–Kier alpha value is -1.27. The number of nitrogens with zero attached hydrogens (tertiary/aromatic N) is 1. The van der Waals surface area contributed by atoms with Gasteiger partial charge in [0.15, 0.2) is 0 Å². The Kier molecular flexibility index (Phi) is 4.10. The van der Waals surface area contributed by atoms with Crippen molar-refractivity contribution in [1.82, 2.24) is 4.98 Å². The smallest absolute Gasteiger partial charge is 0.418 e. The van der Waals surface area contributed by atoms with Gasteiger partial charge in [-0.05, 0) is 0 Å². The molecule has 0 aliphatic heterocycles. The molecule has 0 spiro atoms. The van der Waals surface area contributed by atoms with E-state index in [0.717, 1.165) is 0 Å². The van der Waals surface area contributed by atoms with Crippen molar-refractivity contribution in [3.63, 3.8) is 0 Å². The molecule has 1 N–H and O–H groups in total. The first-order valence-electron chi connectivity index (χ1n) is 2.97. The highest BCUT2D eigenvalue weighted by Gasteiger charge is 2.20. The molecule has 1 aromatic heterocycles. The van der Waals surface area contributed by atoms with Crippen molar-refractivity contribution in [3.05, 3.63) is 25.3 Å². The first-order chi connectivity index (χ1) is 5.43. The van der Waals surface area contributed by atoms with Gasteiger partial charge in [-0.25, -0.2) is 9.55 Å². The van der Waals surface area contributed by atoms with Gasteiger partial charge in [0.1, 0.15) is 12.4 Å². The lowest BCUT2D eigenvalue weighted by Gasteiger charge is -1.94. The highest BCUT2D eigenvalue weighted by atomic mass is 19.5. The van der Waals surface area contributed by atoms with E-state index in [0.29, 0.717) is 0 Å². The van der Waals surface area contributed by atoms with E-state index in [1.54, 1.807) is 6.20 Å². The van der Waals surface area contributed by atoms with Gasteiger partial charge < -0.3 is 17.3 Å². The molecule has 0 fully saturated rings. The Morgan fingerprint density at radius 3 is 2.00 bits per heavy atom. The molecular formula is C5H7BF4N2. The Morgan fingerprint density at radius 2 is 1.83 bits per heavy atom. The number of imidazole rings is 1. The van der Waals surface area contributed by atoms with Crippen molar-refractivity contribution >= 4 is 13.5 Å². The Balaban J connectivity index is 0.000000217. The first kappa shape index (κ1) is 10.7. The average Bonchev–Trinajstić information content (AvgIpc) is 2.33. The van der Waals surface area contributed by atoms with Crippen molar-refractivity contribution in [1.29, 1.82) is 0 Å². The van der Waals surface area contributed by atoms with E-state index in [1.807, 2.05) is 23.3 Å². The number of hydrogen-bond acceptors (Lipinski definition) is 0. The van der Waals surface area contributed by atoms with E-state index in [9.17, 15) is 17.3 Å². The van der Waals surface area contributed by atoms with E-state index in [4.69, 9.17) is 0 Å². The summed E-state index contributed by atoms with van der Waals surface area (Å²) in [5.74, 6) is 0. The fourth-order valence-corrected chi connectivity index (χ4v) is 0.415. The minimum atomic E-state index is -6.00. The quantitative estimate of drug-likeness (QED) is 0.387. The molecule has 1 aromatic rings. The van der Waals surface area contributed by atoms with Crippen LogP contribution in [0.5, 0.6) is 0 Å². The van der Waals surface area contributed by atoms with Crippen molar-refractivity contribution in [2.45, 2.75) is 0 Å². The maximum Gasteiger partial charge on any atom is 0.673 e. The number of rotatable bonds is 1. The zero-order valence-corrected chi connectivity index (χ0v) is 6.05. The van der Waals surface area contributed by atoms with Crippen LogP contribution in [-0.2, 0) is 0 Å². The van der Waals surface area contributed by atoms with Crippen molar-refractivity contribution < 1.29 is 21.8 Å². The predicted octanol–water partition coefficient (Wildman–Crippen LogP) is 1.70. The van der Waals surface area contributed by atoms with Crippen LogP contribution in [-0.4, -0.2) is 12.2 Å². The number of aromatic nitrogens is 2. The summed E-state index contributed by atoms with van der Waals surface area (Å²) in [6.07, 6.45) is 7.25. The Labute approximate surface area is 66.6 Å². The van der Waals surface area contributed by atoms with Crippen molar-refractivity contribution in [2.24, 2.45) is 0 Å². The summed E-state index contributed by atoms with van der Waals surface area (Å²) >= 11 is 0. The van der Waals surface area contributed by atoms with Gasteiger partial charge in [-0.3, -0.25) is 0 Å². The maximum atomic E-state index is 9.75. The molecule has 68 valence electrons. The van der Waals surface area contributed by atoms with Crippen LogP contribution in [0.3, 0.4) is 0 Å². The lowest BCUT2D eigenvalue weighted by atomic mass is 10.3. The highest BCUT2D eigenvalue weighted by Crippen LogP contribution is 2.06. The van der Waals surface area contributed by atoms with Crippen LogP contribution in [0.2, 0.25) is 0 Å². The molecule has 7 heteroatoms. The van der Waals surface area contributed by atoms with Crippen LogP contribution in [0.15, 0.2) is 25.3 Å². The second-order valence-corrected chi connectivity index (χ2v) is 1.74. The lowest BCUT2D eigenvalue weighted by Crippen LogP contribution is -2.19. The third kappa shape index (κ3) is 8.73. The van der Waals surface area contributed by atoms with Crippen LogP contribution in [0.4, 0.5) is 17.3 Å². The average molecular weight is 182 g/mol. The molecule has 12 heavy (non-hydrogen) atoms. The Bertz CT molecular complexity index is 212. The molecule has 1 rings (SSSR count). The third-order valence-electron chi connectivity index (χ3n) is 0.777. The number of hydrogen-bond donors (Lipinski definition) is 1. The van der Waals surface area contributed by atoms with Gasteiger partial charge in [-0.2, -0.15) is 0 Å². The van der Waals surface area contributed by atoms with E-state index in [-0.39, 0.29) is 0 Å². The molecule has 0 radical (unpaired) electrons. The number of halogens is 4. The monoisotopic (exact) mass is 182 g/mol. The zero-order valence-electron chi connectivity index (χ0n) is 6.05. The number of H-pyrrole nitrogens is 1. The largest absolute Gasteiger partial charge is 0.673 e. The molecule has 0 saturated heterocycles. The molecule has 2 nitrogen and oxygen atoms in total. The van der Waals surface area contributed by atoms with Gasteiger partial charge >= 0.3 is 7.25 Å². The Morgan fingerprint density at radius 1 is 1.33 bits per heavy atom. The van der Waals surface area contributed by atoms with Gasteiger partial charge in [0.2, 0.25) is 6.33 Å². The van der Waals surface area contributed by atoms with E-state index < -0.39 is 7.25 Å². The predicted molar refractivity (Wildman–Crippen MR) is 37.6 cm³/mol. The molecule has 1 heterocycles. The second kappa shape index (κ2) is 4.58. The van der Waals surface area contributed by atoms with Crippen molar-refractivity contribution in [2.75, 3.05) is 0 Å². The first-order valence-corrected chi connectivity index (χ1v) is 2.97. The van der Waals surface area contributed by atoms with Crippen molar-refractivity contribution in [3.8, 4) is 0 Å². The lowest BCUT2D eigenvalue weighted by molar-refractivity contribution is -0.566. The normalized spacial score (nSPS) is 10.0. The van der Waals surface area contributed by atoms with Crippen LogP contribution in [0.25, 0.3) is 6.20 Å². The maximum absolute atomic E-state index is 9.75. The summed E-state index contributed by atoms with van der Waals surface area (Å²) in [5.41, 5.74) is 0. The van der Waals surface area contributed by atoms with Gasteiger partial charge in [0.25, 0.3) is 0 Å². The summed E-state index contributed by atoms with van der Waals surface area (Å²) in [4.78, 5) is 2.87. The van der Waals surface area contributed by atoms with E-state index in [2.05, 4.69) is 11.6 Å². The highest BCUT2D eigenvalue weighted by molar-refractivity contribution is 6.50. The zero-order chi connectivity index (χ0) is 9.61. The standard InChI is InChI=1S/C5H6N2.BF4/c1-2-7-4-3-6-5-7;2-1(3,4)5/h2-5H,1H2;/q;-1/p+1. The molecular weight excluding hydrogens is 175 g/mol. The van der Waals surface area contributed by atoms with Crippen LogP contribution >= 0.6 is 0 Å².